The van der Waals surface area contributed by atoms with E-state index in [4.69, 9.17) is 0 Å². The predicted octanol–water partition coefficient (Wildman–Crippen LogP) is 4.33. The number of benzene rings is 2. The average Bonchev–Trinajstić information content (AvgIpc) is 2.41. The largest absolute Gasteiger partial charge is 0.234 e. The molecule has 0 amide bonds. The first-order valence-electron chi connectivity index (χ1n) is 6.32. The fraction of sp³-hybridized carbons (Fsp3) is 0.250. The third kappa shape index (κ3) is 2.00. The van der Waals surface area contributed by atoms with Crippen LogP contribution in [0.1, 0.15) is 29.5 Å². The molecule has 0 spiro atoms. The second kappa shape index (κ2) is 4.87. The SMILES string of the molecule is C[C@H]1[C@@H](c2ccccc2)c2ccccc2CN1Br. The Labute approximate surface area is 117 Å². The van der Waals surface area contributed by atoms with Crippen molar-refractivity contribution in [2.75, 3.05) is 0 Å². The van der Waals surface area contributed by atoms with Crippen LogP contribution in [-0.2, 0) is 6.54 Å². The minimum Gasteiger partial charge on any atom is -0.234 e. The Morgan fingerprint density at radius 3 is 2.44 bits per heavy atom. The zero-order valence-electron chi connectivity index (χ0n) is 10.4. The molecule has 0 N–H and O–H groups in total. The van der Waals surface area contributed by atoms with Crippen molar-refractivity contribution in [2.45, 2.75) is 25.4 Å². The summed E-state index contributed by atoms with van der Waals surface area (Å²) in [4.78, 5) is 0. The average molecular weight is 302 g/mol. The van der Waals surface area contributed by atoms with Crippen LogP contribution in [0.3, 0.4) is 0 Å². The summed E-state index contributed by atoms with van der Waals surface area (Å²) in [7, 11) is 0. The Morgan fingerprint density at radius 2 is 1.67 bits per heavy atom. The van der Waals surface area contributed by atoms with Gasteiger partial charge in [0.25, 0.3) is 0 Å². The minimum absolute atomic E-state index is 0.440. The van der Waals surface area contributed by atoms with Crippen molar-refractivity contribution >= 4 is 16.1 Å². The number of hydrogen-bond donors (Lipinski definition) is 0. The van der Waals surface area contributed by atoms with Crippen LogP contribution in [0.2, 0.25) is 0 Å². The molecule has 2 aromatic rings. The van der Waals surface area contributed by atoms with Crippen LogP contribution in [0.5, 0.6) is 0 Å². The van der Waals surface area contributed by atoms with Gasteiger partial charge >= 0.3 is 0 Å². The van der Waals surface area contributed by atoms with E-state index in [1.54, 1.807) is 0 Å². The number of halogens is 1. The van der Waals surface area contributed by atoms with Crippen LogP contribution in [-0.4, -0.2) is 9.97 Å². The lowest BCUT2D eigenvalue weighted by Gasteiger charge is -2.37. The molecule has 1 heterocycles. The lowest BCUT2D eigenvalue weighted by Crippen LogP contribution is -2.35. The first-order chi connectivity index (χ1) is 8.77. The summed E-state index contributed by atoms with van der Waals surface area (Å²) in [6.07, 6.45) is 0. The summed E-state index contributed by atoms with van der Waals surface area (Å²) >= 11 is 3.69. The molecule has 0 aromatic heterocycles. The van der Waals surface area contributed by atoms with Crippen LogP contribution in [0.25, 0.3) is 0 Å². The van der Waals surface area contributed by atoms with Gasteiger partial charge in [0.2, 0.25) is 0 Å². The highest BCUT2D eigenvalue weighted by molar-refractivity contribution is 9.07. The fourth-order valence-corrected chi connectivity index (χ4v) is 3.33. The second-order valence-corrected chi connectivity index (χ2v) is 5.80. The normalized spacial score (nSPS) is 23.7. The topological polar surface area (TPSA) is 3.24 Å². The Morgan fingerprint density at radius 1 is 1.00 bits per heavy atom. The molecule has 0 saturated heterocycles. The molecular weight excluding hydrogens is 286 g/mol. The molecular formula is C16H16BrN. The first kappa shape index (κ1) is 11.9. The van der Waals surface area contributed by atoms with E-state index in [1.807, 2.05) is 0 Å². The highest BCUT2D eigenvalue weighted by Crippen LogP contribution is 2.39. The molecule has 0 saturated carbocycles. The van der Waals surface area contributed by atoms with Gasteiger partial charge in [-0.05, 0) is 23.6 Å². The van der Waals surface area contributed by atoms with E-state index in [1.165, 1.54) is 16.7 Å². The van der Waals surface area contributed by atoms with Gasteiger partial charge in [-0.25, -0.2) is 3.93 Å². The lowest BCUT2D eigenvalue weighted by atomic mass is 9.81. The van der Waals surface area contributed by atoms with Crippen molar-refractivity contribution in [2.24, 2.45) is 0 Å². The van der Waals surface area contributed by atoms with Gasteiger partial charge in [0.15, 0.2) is 0 Å². The molecule has 0 radical (unpaired) electrons. The molecule has 3 rings (SSSR count). The van der Waals surface area contributed by atoms with E-state index < -0.39 is 0 Å². The first-order valence-corrected chi connectivity index (χ1v) is 7.03. The molecule has 0 unspecified atom stereocenters. The fourth-order valence-electron chi connectivity index (χ4n) is 2.83. The van der Waals surface area contributed by atoms with Gasteiger partial charge in [-0.1, -0.05) is 54.6 Å². The Balaban J connectivity index is 2.12. The van der Waals surface area contributed by atoms with Crippen LogP contribution in [0.4, 0.5) is 0 Å². The van der Waals surface area contributed by atoms with E-state index in [2.05, 4.69) is 81.6 Å². The molecule has 1 nitrogen and oxygen atoms in total. The van der Waals surface area contributed by atoms with Gasteiger partial charge in [0, 0.05) is 34.7 Å². The third-order valence-corrected chi connectivity index (χ3v) is 4.69. The molecule has 2 heteroatoms. The predicted molar refractivity (Wildman–Crippen MR) is 78.7 cm³/mol. The number of rotatable bonds is 1. The highest BCUT2D eigenvalue weighted by Gasteiger charge is 2.31. The zero-order valence-corrected chi connectivity index (χ0v) is 12.0. The maximum Gasteiger partial charge on any atom is 0.0350 e. The molecule has 0 fully saturated rings. The quantitative estimate of drug-likeness (QED) is 0.709. The smallest absolute Gasteiger partial charge is 0.0350 e. The highest BCUT2D eigenvalue weighted by atomic mass is 79.9. The minimum atomic E-state index is 0.440. The summed E-state index contributed by atoms with van der Waals surface area (Å²) in [6.45, 7) is 3.25. The van der Waals surface area contributed by atoms with Gasteiger partial charge in [-0.3, -0.25) is 0 Å². The Kier molecular flexibility index (Phi) is 3.23. The second-order valence-electron chi connectivity index (χ2n) is 4.89. The summed E-state index contributed by atoms with van der Waals surface area (Å²) in [5.74, 6) is 0.440. The molecule has 92 valence electrons. The van der Waals surface area contributed by atoms with Gasteiger partial charge in [-0.2, -0.15) is 0 Å². The van der Waals surface area contributed by atoms with Gasteiger partial charge in [-0.15, -0.1) is 0 Å². The van der Waals surface area contributed by atoms with Gasteiger partial charge < -0.3 is 0 Å². The molecule has 1 aliphatic rings. The number of hydrogen-bond acceptors (Lipinski definition) is 1. The molecule has 2 aromatic carbocycles. The molecule has 0 bridgehead atoms. The number of nitrogens with zero attached hydrogens (tertiary/aromatic N) is 1. The van der Waals surface area contributed by atoms with Gasteiger partial charge in [0.1, 0.15) is 0 Å². The molecule has 0 aliphatic carbocycles. The molecule has 1 aliphatic heterocycles. The van der Waals surface area contributed by atoms with Crippen LogP contribution >= 0.6 is 16.1 Å². The molecule has 2 atom stereocenters. The van der Waals surface area contributed by atoms with Crippen LogP contribution < -0.4 is 0 Å². The molecule has 18 heavy (non-hydrogen) atoms. The zero-order chi connectivity index (χ0) is 12.5. The van der Waals surface area contributed by atoms with E-state index in [0.29, 0.717) is 12.0 Å². The summed E-state index contributed by atoms with van der Waals surface area (Å²) in [5.41, 5.74) is 4.27. The van der Waals surface area contributed by atoms with Crippen molar-refractivity contribution < 1.29 is 0 Å². The maximum absolute atomic E-state index is 3.69. The van der Waals surface area contributed by atoms with Crippen molar-refractivity contribution in [3.05, 3.63) is 71.3 Å². The van der Waals surface area contributed by atoms with Gasteiger partial charge in [0.05, 0.1) is 0 Å². The Bertz CT molecular complexity index is 538. The number of fused-ring (bicyclic) bond motifs is 1. The van der Waals surface area contributed by atoms with Crippen LogP contribution in [0, 0.1) is 0 Å². The van der Waals surface area contributed by atoms with Crippen molar-refractivity contribution in [3.63, 3.8) is 0 Å². The maximum atomic E-state index is 3.69. The monoisotopic (exact) mass is 301 g/mol. The summed E-state index contributed by atoms with van der Waals surface area (Å²) in [6, 6.07) is 20.0. The van der Waals surface area contributed by atoms with Crippen LogP contribution in [0.15, 0.2) is 54.6 Å². The Hall–Kier alpha value is -1.12. The lowest BCUT2D eigenvalue weighted by molar-refractivity contribution is 0.326. The van der Waals surface area contributed by atoms with E-state index in [0.717, 1.165) is 6.54 Å². The van der Waals surface area contributed by atoms with Crippen molar-refractivity contribution in [3.8, 4) is 0 Å². The van der Waals surface area contributed by atoms with E-state index >= 15 is 0 Å². The summed E-state index contributed by atoms with van der Waals surface area (Å²) in [5, 5.41) is 0. The van der Waals surface area contributed by atoms with E-state index in [-0.39, 0.29) is 0 Å². The van der Waals surface area contributed by atoms with E-state index in [9.17, 15) is 0 Å². The third-order valence-electron chi connectivity index (χ3n) is 3.79. The van der Waals surface area contributed by atoms with Crippen molar-refractivity contribution in [1.82, 2.24) is 3.93 Å². The summed E-state index contributed by atoms with van der Waals surface area (Å²) < 4.78 is 2.26. The standard InChI is InChI=1S/C16H16BrN/c1-12-16(13-7-3-2-4-8-13)15-10-6-5-9-14(15)11-18(12)17/h2-10,12,16H,11H2,1H3/t12-,16-/m0/s1. The van der Waals surface area contributed by atoms with Crippen molar-refractivity contribution in [1.29, 1.82) is 0 Å².